The first kappa shape index (κ1) is 22.5. The minimum Gasteiger partial charge on any atom is -0.484 e. The van der Waals surface area contributed by atoms with E-state index >= 15 is 0 Å². The second-order valence-corrected chi connectivity index (χ2v) is 8.62. The number of amides is 1. The molecule has 0 radical (unpaired) electrons. The molecule has 0 saturated heterocycles. The van der Waals surface area contributed by atoms with Gasteiger partial charge in [0.2, 0.25) is 0 Å². The van der Waals surface area contributed by atoms with E-state index in [1.165, 1.54) is 34.7 Å². The van der Waals surface area contributed by atoms with Crippen LogP contribution in [0.1, 0.15) is 31.7 Å². The first-order valence-corrected chi connectivity index (χ1v) is 11.4. The van der Waals surface area contributed by atoms with Crippen LogP contribution < -0.4 is 9.64 Å². The van der Waals surface area contributed by atoms with Gasteiger partial charge in [-0.2, -0.15) is 8.42 Å². The molecule has 0 aromatic heterocycles. The highest BCUT2D eigenvalue weighted by molar-refractivity contribution is 7.85. The monoisotopic (exact) mass is 439 g/mol. The number of nitrogens with zero attached hydrogens (tertiary/aromatic N) is 1. The van der Waals surface area contributed by atoms with Crippen molar-refractivity contribution in [3.05, 3.63) is 84.4 Å². The lowest BCUT2D eigenvalue weighted by Crippen LogP contribution is -2.31. The summed E-state index contributed by atoms with van der Waals surface area (Å²) in [6.45, 7) is 4.09. The minimum atomic E-state index is -4.32. The van der Waals surface area contributed by atoms with Crippen LogP contribution in [0.15, 0.2) is 83.8 Å². The molecular weight excluding hydrogens is 414 g/mol. The topological polar surface area (TPSA) is 83.9 Å². The number of carbonyl (C=O) groups excluding carboxylic acids is 1. The Hall–Kier alpha value is -3.16. The quantitative estimate of drug-likeness (QED) is 0.488. The van der Waals surface area contributed by atoms with Gasteiger partial charge in [0.15, 0.2) is 6.61 Å². The largest absolute Gasteiger partial charge is 0.484 e. The van der Waals surface area contributed by atoms with Gasteiger partial charge in [0, 0.05) is 11.4 Å². The maximum absolute atomic E-state index is 13.1. The Morgan fingerprint density at radius 2 is 1.52 bits per heavy atom. The van der Waals surface area contributed by atoms with Crippen molar-refractivity contribution in [3.63, 3.8) is 0 Å². The van der Waals surface area contributed by atoms with Gasteiger partial charge in [-0.05, 0) is 66.4 Å². The lowest BCUT2D eigenvalue weighted by molar-refractivity contribution is -0.119. The second-order valence-electron chi connectivity index (χ2n) is 7.20. The molecule has 1 N–H and O–H groups in total. The molecule has 0 aliphatic heterocycles. The van der Waals surface area contributed by atoms with Crippen molar-refractivity contribution < 1.29 is 22.5 Å². The second kappa shape index (κ2) is 9.76. The van der Waals surface area contributed by atoms with Gasteiger partial charge >= 0.3 is 0 Å². The number of benzene rings is 3. The normalized spacial score (nSPS) is 12.2. The number of hydrogen-bond acceptors (Lipinski definition) is 4. The van der Waals surface area contributed by atoms with E-state index in [4.69, 9.17) is 4.74 Å². The Balaban J connectivity index is 1.80. The molecule has 1 unspecified atom stereocenters. The van der Waals surface area contributed by atoms with Crippen molar-refractivity contribution in [1.29, 1.82) is 0 Å². The zero-order valence-electron chi connectivity index (χ0n) is 17.4. The van der Waals surface area contributed by atoms with E-state index in [-0.39, 0.29) is 17.4 Å². The van der Waals surface area contributed by atoms with Crippen molar-refractivity contribution in [2.75, 3.05) is 11.5 Å². The first-order chi connectivity index (χ1) is 14.8. The van der Waals surface area contributed by atoms with E-state index in [0.717, 1.165) is 6.42 Å². The molecular formula is C24H25NO5S. The van der Waals surface area contributed by atoms with Crippen LogP contribution >= 0.6 is 0 Å². The van der Waals surface area contributed by atoms with Crippen LogP contribution in [-0.2, 0) is 14.9 Å². The molecule has 1 amide bonds. The third kappa shape index (κ3) is 5.71. The molecule has 0 bridgehead atoms. The summed E-state index contributed by atoms with van der Waals surface area (Å²) in [6, 6.07) is 22.1. The average molecular weight is 440 g/mol. The van der Waals surface area contributed by atoms with Crippen molar-refractivity contribution in [2.45, 2.75) is 31.1 Å². The van der Waals surface area contributed by atoms with Gasteiger partial charge in [-0.15, -0.1) is 0 Å². The molecule has 0 heterocycles. The van der Waals surface area contributed by atoms with E-state index < -0.39 is 10.1 Å². The number of anilines is 2. The fourth-order valence-electron chi connectivity index (χ4n) is 3.12. The number of hydrogen-bond donors (Lipinski definition) is 1. The Labute approximate surface area is 182 Å². The summed E-state index contributed by atoms with van der Waals surface area (Å²) in [6.07, 6.45) is 1.04. The molecule has 0 spiro atoms. The summed E-state index contributed by atoms with van der Waals surface area (Å²) in [7, 11) is -4.32. The van der Waals surface area contributed by atoms with Gasteiger partial charge in [-0.25, -0.2) is 0 Å². The lowest BCUT2D eigenvalue weighted by Gasteiger charge is -2.23. The summed E-state index contributed by atoms with van der Waals surface area (Å²) in [5, 5.41) is 0. The van der Waals surface area contributed by atoms with E-state index in [9.17, 15) is 17.8 Å². The predicted molar refractivity (Wildman–Crippen MR) is 120 cm³/mol. The SMILES string of the molecule is CCC(C)c1ccc(OCC(=O)N(c2ccccc2)c2ccc(S(=O)(=O)O)cc2)cc1. The average Bonchev–Trinajstić information content (AvgIpc) is 2.78. The lowest BCUT2D eigenvalue weighted by atomic mass is 9.99. The predicted octanol–water partition coefficient (Wildman–Crippen LogP) is 5.19. The number of rotatable bonds is 8. The van der Waals surface area contributed by atoms with Crippen molar-refractivity contribution in [1.82, 2.24) is 0 Å². The molecule has 6 nitrogen and oxygen atoms in total. The van der Waals surface area contributed by atoms with Crippen LogP contribution in [0.4, 0.5) is 11.4 Å². The van der Waals surface area contributed by atoms with Gasteiger partial charge in [-0.1, -0.05) is 44.2 Å². The molecule has 3 aromatic carbocycles. The summed E-state index contributed by atoms with van der Waals surface area (Å²) in [5.74, 6) is 0.724. The number of ether oxygens (including phenoxy) is 1. The maximum atomic E-state index is 13.1. The van der Waals surface area contributed by atoms with E-state index in [1.54, 1.807) is 24.3 Å². The minimum absolute atomic E-state index is 0.197. The summed E-state index contributed by atoms with van der Waals surface area (Å²) in [4.78, 5) is 14.3. The molecule has 1 atom stereocenters. The van der Waals surface area contributed by atoms with Crippen LogP contribution in [0, 0.1) is 0 Å². The van der Waals surface area contributed by atoms with E-state index in [2.05, 4.69) is 13.8 Å². The third-order valence-electron chi connectivity index (χ3n) is 5.08. The Bertz CT molecular complexity index is 1110. The Morgan fingerprint density at radius 1 is 0.935 bits per heavy atom. The molecule has 3 rings (SSSR count). The molecule has 162 valence electrons. The Morgan fingerprint density at radius 3 is 2.06 bits per heavy atom. The fraction of sp³-hybridized carbons (Fsp3) is 0.208. The standard InChI is InChI=1S/C24H25NO5S/c1-3-18(2)19-9-13-22(14-10-19)30-17-24(26)25(20-7-5-4-6-8-20)21-11-15-23(16-12-21)31(27,28)29/h4-16,18H,3,17H2,1-2H3,(H,27,28,29). The van der Waals surface area contributed by atoms with Crippen molar-refractivity contribution >= 4 is 27.4 Å². The highest BCUT2D eigenvalue weighted by Gasteiger charge is 2.20. The van der Waals surface area contributed by atoms with Gasteiger partial charge < -0.3 is 4.74 Å². The van der Waals surface area contributed by atoms with Crippen LogP contribution in [0.2, 0.25) is 0 Å². The zero-order valence-corrected chi connectivity index (χ0v) is 18.2. The molecule has 31 heavy (non-hydrogen) atoms. The van der Waals surface area contributed by atoms with Crippen LogP contribution in [0.5, 0.6) is 5.75 Å². The zero-order chi connectivity index (χ0) is 22.4. The van der Waals surface area contributed by atoms with Crippen LogP contribution in [0.25, 0.3) is 0 Å². The maximum Gasteiger partial charge on any atom is 0.294 e. The van der Waals surface area contributed by atoms with Gasteiger partial charge in [-0.3, -0.25) is 14.2 Å². The van der Waals surface area contributed by atoms with Crippen molar-refractivity contribution in [2.24, 2.45) is 0 Å². The highest BCUT2D eigenvalue weighted by Crippen LogP contribution is 2.27. The summed E-state index contributed by atoms with van der Waals surface area (Å²) in [5.41, 5.74) is 2.29. The molecule has 3 aromatic rings. The first-order valence-electron chi connectivity index (χ1n) is 9.98. The van der Waals surface area contributed by atoms with E-state index in [1.807, 2.05) is 30.3 Å². The molecule has 7 heteroatoms. The smallest absolute Gasteiger partial charge is 0.294 e. The highest BCUT2D eigenvalue weighted by atomic mass is 32.2. The summed E-state index contributed by atoms with van der Waals surface area (Å²) >= 11 is 0. The number of para-hydroxylation sites is 1. The van der Waals surface area contributed by atoms with Gasteiger partial charge in [0.1, 0.15) is 5.75 Å². The van der Waals surface area contributed by atoms with Gasteiger partial charge in [0.05, 0.1) is 4.90 Å². The molecule has 0 aliphatic carbocycles. The molecule has 0 aliphatic rings. The summed E-state index contributed by atoms with van der Waals surface area (Å²) < 4.78 is 37.5. The third-order valence-corrected chi connectivity index (χ3v) is 5.95. The molecule has 0 saturated carbocycles. The fourth-order valence-corrected chi connectivity index (χ4v) is 3.60. The number of carbonyl (C=O) groups is 1. The van der Waals surface area contributed by atoms with Gasteiger partial charge in [0.25, 0.3) is 16.0 Å². The van der Waals surface area contributed by atoms with E-state index in [0.29, 0.717) is 23.0 Å². The van der Waals surface area contributed by atoms with Crippen molar-refractivity contribution in [3.8, 4) is 5.75 Å². The van der Waals surface area contributed by atoms with Crippen LogP contribution in [0.3, 0.4) is 0 Å². The molecule has 0 fully saturated rings. The van der Waals surface area contributed by atoms with Crippen LogP contribution in [-0.4, -0.2) is 25.5 Å². The Kier molecular flexibility index (Phi) is 7.09.